The van der Waals surface area contributed by atoms with Gasteiger partial charge in [0.15, 0.2) is 0 Å². The molecule has 5 heterocycles. The summed E-state index contributed by atoms with van der Waals surface area (Å²) in [5.74, 6) is -25.5. The maximum Gasteiger partial charge on any atom is 0.305 e. The zero-order chi connectivity index (χ0) is 84.2. The summed E-state index contributed by atoms with van der Waals surface area (Å²) in [5.41, 5.74) is 23.1. The number of amides is 18. The van der Waals surface area contributed by atoms with Crippen molar-refractivity contribution in [2.45, 2.75) is 176 Å². The number of aliphatic hydroxyl groups excluding tert-OH is 2. The highest BCUT2D eigenvalue weighted by molar-refractivity contribution is 8.77. The van der Waals surface area contributed by atoms with E-state index in [0.29, 0.717) is 0 Å². The van der Waals surface area contributed by atoms with Gasteiger partial charge in [0.05, 0.1) is 45.3 Å². The summed E-state index contributed by atoms with van der Waals surface area (Å²) < 4.78 is 0. The number of fused-ring (bicyclic) bond motifs is 10. The SMILES string of the molecule is CC[C@H](C)[C@@H]1NC(=O)[C@H](CC(=O)O)NC(=O)[C@@H]2CCCN2C(=O)[C@H](CC(N)=O)NC(=O)[C@H](CC(N)=O)NC(=O)[C@H](Cc2ccc(O)cc2)NC(=O)[C@H](CO)NC(=O)[C@@H]2CSSC[C@H](NC(=O)CN)C(=O)N[C@@H](CSSC[C@@H](C(N)=O)NC1=O)C(=O)N[C@@H](CO)C(=O)N[C@@H](Cc1cnc[nH]1)C(=O)N1CCC[C@H]1C(=O)N[C@@H](C)C(=O)N2. The second-order valence-electron chi connectivity index (χ2n) is 26.9. The lowest BCUT2D eigenvalue weighted by Crippen LogP contribution is -2.62. The number of imidazole rings is 1. The topological polar surface area (TPSA) is 701 Å². The Hall–Kier alpha value is -10.6. The molecule has 0 aliphatic carbocycles. The number of nitrogens with zero attached hydrogens (tertiary/aromatic N) is 3. The smallest absolute Gasteiger partial charge is 0.305 e. The van der Waals surface area contributed by atoms with Gasteiger partial charge in [0.1, 0.15) is 96.4 Å². The van der Waals surface area contributed by atoms with Crippen LogP contribution >= 0.6 is 43.2 Å². The molecule has 16 atom stereocenters. The molecule has 4 aliphatic rings. The number of aromatic nitrogens is 2. The average molecular weight is 1680 g/mol. The summed E-state index contributed by atoms with van der Waals surface area (Å²) in [6.45, 7) is 0.846. The minimum absolute atomic E-state index is 0.0175. The Morgan fingerprint density at radius 2 is 1.00 bits per heavy atom. The van der Waals surface area contributed by atoms with Crippen molar-refractivity contribution < 1.29 is 112 Å². The number of phenols is 1. The molecule has 0 unspecified atom stereocenters. The van der Waals surface area contributed by atoms with E-state index in [0.717, 1.165) is 53.0 Å². The van der Waals surface area contributed by atoms with Crippen LogP contribution in [0.1, 0.15) is 83.4 Å². The number of nitrogens with one attached hydrogen (secondary N) is 14. The number of carboxylic acid groups (broad SMARTS) is 1. The summed E-state index contributed by atoms with van der Waals surface area (Å²) >= 11 is 0. The van der Waals surface area contributed by atoms with Gasteiger partial charge >= 0.3 is 5.97 Å². The maximum absolute atomic E-state index is 14.7. The molecule has 0 radical (unpaired) electrons. The summed E-state index contributed by atoms with van der Waals surface area (Å²) in [5, 5.41) is 72.8. The number of phenolic OH excluding ortho intramolecular Hbond substituents is 1. The first-order valence-electron chi connectivity index (χ1n) is 35.8. The lowest BCUT2D eigenvalue weighted by Gasteiger charge is -2.31. The average Bonchev–Trinajstić information content (AvgIpc) is 1.67. The molecular weight excluding hydrogens is 1580 g/mol. The minimum Gasteiger partial charge on any atom is -0.508 e. The number of nitrogens with two attached hydrogens (primary N) is 4. The third-order valence-corrected chi connectivity index (χ3v) is 23.2. The van der Waals surface area contributed by atoms with Crippen molar-refractivity contribution in [2.75, 3.05) is 55.9 Å². The first-order chi connectivity index (χ1) is 54.1. The highest BCUT2D eigenvalue weighted by atomic mass is 33.1. The van der Waals surface area contributed by atoms with E-state index in [-0.39, 0.29) is 68.6 Å². The van der Waals surface area contributed by atoms with Gasteiger partial charge in [-0.1, -0.05) is 75.6 Å². The largest absolute Gasteiger partial charge is 0.508 e. The van der Waals surface area contributed by atoms with Crippen molar-refractivity contribution in [3.63, 3.8) is 0 Å². The number of aromatic amines is 1. The van der Waals surface area contributed by atoms with Crippen LogP contribution in [0.5, 0.6) is 5.75 Å². The van der Waals surface area contributed by atoms with Crippen molar-refractivity contribution >= 4 is 155 Å². The Morgan fingerprint density at radius 3 is 1.53 bits per heavy atom. The molecule has 4 saturated heterocycles. The summed E-state index contributed by atoms with van der Waals surface area (Å²) in [6, 6.07) is -21.5. The number of primary amides is 3. The van der Waals surface area contributed by atoms with Gasteiger partial charge in [0.2, 0.25) is 106 Å². The van der Waals surface area contributed by atoms with Crippen LogP contribution in [0, 0.1) is 5.92 Å². The molecule has 2 bridgehead atoms. The third-order valence-electron chi connectivity index (χ3n) is 18.4. The summed E-state index contributed by atoms with van der Waals surface area (Å²) in [4.78, 5) is 275. The Kier molecular flexibility index (Phi) is 36.3. The van der Waals surface area contributed by atoms with E-state index >= 15 is 0 Å². The number of carbonyl (C=O) groups excluding carboxylic acids is 18. The number of aromatic hydroxyl groups is 1. The Labute approximate surface area is 666 Å². The van der Waals surface area contributed by atoms with Crippen LogP contribution in [0.2, 0.25) is 0 Å². The zero-order valence-electron chi connectivity index (χ0n) is 62.0. The predicted molar refractivity (Wildman–Crippen MR) is 406 cm³/mol. The van der Waals surface area contributed by atoms with Crippen molar-refractivity contribution in [2.24, 2.45) is 28.9 Å². The minimum atomic E-state index is -2.09. The molecule has 4 fully saturated rings. The van der Waals surface area contributed by atoms with Crippen molar-refractivity contribution in [1.82, 2.24) is 88.9 Å². The lowest BCUT2D eigenvalue weighted by atomic mass is 9.97. The number of carboxylic acids is 1. The molecule has 0 spiro atoms. The second kappa shape index (κ2) is 44.8. The van der Waals surface area contributed by atoms with Crippen LogP contribution in [0.3, 0.4) is 0 Å². The molecule has 626 valence electrons. The van der Waals surface area contributed by atoms with Crippen LogP contribution < -0.4 is 92.1 Å². The summed E-state index contributed by atoms with van der Waals surface area (Å²) in [7, 11) is 3.04. The van der Waals surface area contributed by atoms with Gasteiger partial charge in [-0.05, 0) is 56.2 Å². The molecule has 18 amide bonds. The molecule has 2 aromatic rings. The normalized spacial score (nSPS) is 27.8. The number of hydrogen-bond donors (Lipinski definition) is 22. The van der Waals surface area contributed by atoms with E-state index in [9.17, 15) is 112 Å². The fourth-order valence-corrected chi connectivity index (χ4v) is 16.7. The molecule has 114 heavy (non-hydrogen) atoms. The predicted octanol–water partition coefficient (Wildman–Crippen LogP) is -10.3. The maximum atomic E-state index is 14.7. The number of H-pyrrole nitrogens is 1. The van der Waals surface area contributed by atoms with Crippen LogP contribution in [-0.2, 0) is 104 Å². The van der Waals surface area contributed by atoms with E-state index in [1.807, 2.05) is 0 Å². The number of benzene rings is 1. The van der Waals surface area contributed by atoms with Crippen LogP contribution in [0.4, 0.5) is 0 Å². The van der Waals surface area contributed by atoms with E-state index in [1.54, 1.807) is 6.92 Å². The zero-order valence-corrected chi connectivity index (χ0v) is 65.2. The molecular formula is C66H95N21O23S4. The molecule has 48 heteroatoms. The Bertz CT molecular complexity index is 3870. The van der Waals surface area contributed by atoms with Crippen LogP contribution in [0.25, 0.3) is 0 Å². The van der Waals surface area contributed by atoms with Gasteiger partial charge in [-0.15, -0.1) is 0 Å². The molecule has 44 nitrogen and oxygen atoms in total. The van der Waals surface area contributed by atoms with Gasteiger partial charge in [-0.25, -0.2) is 4.98 Å². The molecule has 1 aromatic carbocycles. The summed E-state index contributed by atoms with van der Waals surface area (Å²) in [6.07, 6.45) is -1.24. The van der Waals surface area contributed by atoms with Crippen molar-refractivity contribution in [3.05, 3.63) is 48.0 Å². The fourth-order valence-electron chi connectivity index (χ4n) is 12.0. The van der Waals surface area contributed by atoms with E-state index in [1.165, 1.54) is 50.6 Å². The lowest BCUT2D eigenvalue weighted by molar-refractivity contribution is -0.145. The first-order valence-corrected chi connectivity index (χ1v) is 40.8. The highest BCUT2D eigenvalue weighted by Crippen LogP contribution is 2.27. The number of aliphatic hydroxyl groups is 2. The van der Waals surface area contributed by atoms with E-state index < -0.39 is 277 Å². The second-order valence-corrected chi connectivity index (χ2v) is 32.0. The Morgan fingerprint density at radius 1 is 0.535 bits per heavy atom. The highest BCUT2D eigenvalue weighted by Gasteiger charge is 2.44. The fraction of sp³-hybridized carbons (Fsp3) is 0.576. The quantitative estimate of drug-likeness (QED) is 0.0654. The molecule has 1 aromatic heterocycles. The van der Waals surface area contributed by atoms with Crippen LogP contribution in [-0.4, -0.2) is 299 Å². The third kappa shape index (κ3) is 27.6. The molecule has 4 aliphatic heterocycles. The van der Waals surface area contributed by atoms with Gasteiger partial charge in [-0.2, -0.15) is 0 Å². The Balaban J connectivity index is 1.47. The number of aliphatic carboxylic acids is 1. The monoisotopic (exact) mass is 1680 g/mol. The standard InChI is InChI=1S/C66H95N21O23S4/c1-4-29(2)51-64(108)82-41(52(70)96)24-111-113-27-44-61(105)81-40(23-89)58(102)78-37(16-32-21-71-28-72-32)65(109)86-13-5-7-45(86)62(106)73-30(3)53(97)83-43(26-114-112-25-42(59(103)84-44)74-49(93)20-67)60(104)80-39(22-88)57(101)75-34(15-31-9-11-33(90)12-10-31)54(98)76-35(17-47(68)91)55(99)79-38(18-48(69)92)66(110)87-14-6-8-46(87)63(107)77-36(19-50(94)95)56(100)85-51/h9-12,21,28-30,34-46,51,88-90H,4-8,13-20,22-27,67H2,1-3H3,(H2,68,91)(H2,69,92)(H2,70,96)(H,71,72)(H,73,106)(H,74,93)(H,75,101)(H,76,98)(H,77,107)(H,78,102)(H,79,99)(H,80,104)(H,81,105)(H,82,108)(H,83,97)(H,84,103)(H,85,100)(H,94,95)/t29-,30-,34-,35-,36-,37-,38-,39-,40-,41-,42-,43-,44-,45-,46-,51-/m0/s1. The van der Waals surface area contributed by atoms with Crippen LogP contribution in [0.15, 0.2) is 36.8 Å². The van der Waals surface area contributed by atoms with Gasteiger partial charge in [0.25, 0.3) is 0 Å². The van der Waals surface area contributed by atoms with Gasteiger partial charge in [-0.3, -0.25) is 91.1 Å². The number of hydrogen-bond acceptors (Lipinski definition) is 28. The van der Waals surface area contributed by atoms with E-state index in [2.05, 4.69) is 79.1 Å². The van der Waals surface area contributed by atoms with Crippen molar-refractivity contribution in [3.8, 4) is 5.75 Å². The molecule has 26 N–H and O–H groups in total. The van der Waals surface area contributed by atoms with Crippen molar-refractivity contribution in [1.29, 1.82) is 0 Å². The van der Waals surface area contributed by atoms with Gasteiger partial charge in [0, 0.05) is 60.8 Å². The first kappa shape index (κ1) is 92.3. The number of rotatable bonds is 17. The molecule has 0 saturated carbocycles. The van der Waals surface area contributed by atoms with E-state index in [4.69, 9.17) is 22.9 Å². The number of carbonyl (C=O) groups is 19. The van der Waals surface area contributed by atoms with Gasteiger partial charge < -0.3 is 127 Å². The molecule has 6 rings (SSSR count).